The van der Waals surface area contributed by atoms with Crippen molar-refractivity contribution in [3.8, 4) is 11.6 Å². The van der Waals surface area contributed by atoms with Crippen LogP contribution in [0.5, 0.6) is 0 Å². The fourth-order valence-electron chi connectivity index (χ4n) is 5.70. The molecule has 0 saturated carbocycles. The summed E-state index contributed by atoms with van der Waals surface area (Å²) in [7, 11) is 4.40. The van der Waals surface area contributed by atoms with Gasteiger partial charge in [-0.2, -0.15) is 0 Å². The Kier molecular flexibility index (Phi) is 17.4. The van der Waals surface area contributed by atoms with E-state index in [4.69, 9.17) is 0 Å². The fraction of sp³-hybridized carbons (Fsp3) is 0.818. The molecular formula is C33H62N4+2. The highest BCUT2D eigenvalue weighted by atomic mass is 15.2. The number of hydrogen-bond donors (Lipinski definition) is 0. The second-order valence-electron chi connectivity index (χ2n) is 11.6. The summed E-state index contributed by atoms with van der Waals surface area (Å²) < 4.78 is 9.58. The minimum atomic E-state index is 1.12. The number of hydrogen-bond acceptors (Lipinski definition) is 0. The summed E-state index contributed by atoms with van der Waals surface area (Å²) in [5.74, 6) is 2.68. The van der Waals surface area contributed by atoms with Crippen LogP contribution in [0.4, 0.5) is 0 Å². The van der Waals surface area contributed by atoms with E-state index >= 15 is 0 Å². The summed E-state index contributed by atoms with van der Waals surface area (Å²) in [5, 5.41) is 0. The quantitative estimate of drug-likeness (QED) is 0.0983. The smallest absolute Gasteiger partial charge is 0.226 e. The summed E-state index contributed by atoms with van der Waals surface area (Å²) in [6.45, 7) is 6.84. The van der Waals surface area contributed by atoms with Crippen molar-refractivity contribution in [2.24, 2.45) is 14.1 Å². The van der Waals surface area contributed by atoms with Crippen molar-refractivity contribution in [1.82, 2.24) is 9.13 Å². The molecule has 0 radical (unpaired) electrons. The van der Waals surface area contributed by atoms with Crippen molar-refractivity contribution in [1.29, 1.82) is 0 Å². The van der Waals surface area contributed by atoms with Gasteiger partial charge in [0.1, 0.15) is 24.8 Å². The number of nitrogens with zero attached hydrogens (tertiary/aromatic N) is 4. The summed E-state index contributed by atoms with van der Waals surface area (Å²) in [5.41, 5.74) is 0. The second kappa shape index (κ2) is 20.4. The molecule has 4 heteroatoms. The average molecular weight is 515 g/mol. The molecule has 0 bridgehead atoms. The Morgan fingerprint density at radius 1 is 0.432 bits per heavy atom. The van der Waals surface area contributed by atoms with Crippen LogP contribution in [0.25, 0.3) is 11.6 Å². The third-order valence-electron chi connectivity index (χ3n) is 8.11. The van der Waals surface area contributed by atoms with Crippen LogP contribution in [-0.2, 0) is 27.2 Å². The molecule has 212 valence electrons. The minimum absolute atomic E-state index is 1.12. The number of unbranched alkanes of at least 4 members (excludes halogenated alkanes) is 19. The zero-order valence-electron chi connectivity index (χ0n) is 25.4. The third kappa shape index (κ3) is 12.7. The average Bonchev–Trinajstić information content (AvgIpc) is 3.44. The summed E-state index contributed by atoms with van der Waals surface area (Å²) in [6.07, 6.45) is 38.3. The highest BCUT2D eigenvalue weighted by molar-refractivity contribution is 5.36. The van der Waals surface area contributed by atoms with Gasteiger partial charge in [-0.05, 0) is 25.7 Å². The maximum atomic E-state index is 2.48. The molecule has 0 aliphatic carbocycles. The Bertz CT molecular complexity index is 803. The Morgan fingerprint density at radius 3 is 1.00 bits per heavy atom. The monoisotopic (exact) mass is 514 g/mol. The number of aromatic nitrogens is 4. The molecule has 0 fully saturated rings. The Morgan fingerprint density at radius 2 is 0.703 bits per heavy atom. The molecule has 0 aromatic carbocycles. The number of imidazole rings is 2. The molecule has 0 unspecified atom stereocenters. The first kappa shape index (κ1) is 31.6. The topological polar surface area (TPSA) is 17.6 Å². The largest absolute Gasteiger partial charge is 0.373 e. The molecule has 0 aliphatic heterocycles. The lowest BCUT2D eigenvalue weighted by Gasteiger charge is -2.05. The van der Waals surface area contributed by atoms with Gasteiger partial charge in [-0.25, -0.2) is 18.3 Å². The van der Waals surface area contributed by atoms with Gasteiger partial charge >= 0.3 is 11.6 Å². The minimum Gasteiger partial charge on any atom is -0.226 e. The van der Waals surface area contributed by atoms with Crippen LogP contribution in [-0.4, -0.2) is 9.13 Å². The Labute approximate surface area is 230 Å². The lowest BCUT2D eigenvalue weighted by Crippen LogP contribution is -2.38. The van der Waals surface area contributed by atoms with Crippen molar-refractivity contribution in [3.05, 3.63) is 24.8 Å². The van der Waals surface area contributed by atoms with Crippen LogP contribution in [0, 0.1) is 0 Å². The highest BCUT2D eigenvalue weighted by Gasteiger charge is 2.29. The lowest BCUT2D eigenvalue weighted by molar-refractivity contribution is -0.690. The first-order valence-corrected chi connectivity index (χ1v) is 16.3. The molecule has 4 nitrogen and oxygen atoms in total. The maximum absolute atomic E-state index is 2.48. The molecule has 2 aromatic heterocycles. The molecule has 37 heavy (non-hydrogen) atoms. The van der Waals surface area contributed by atoms with Gasteiger partial charge < -0.3 is 0 Å². The van der Waals surface area contributed by atoms with Crippen LogP contribution in [0.3, 0.4) is 0 Å². The molecule has 0 N–H and O–H groups in total. The Hall–Kier alpha value is -1.58. The van der Waals surface area contributed by atoms with Gasteiger partial charge in [0, 0.05) is 0 Å². The molecule has 2 heterocycles. The standard InChI is InChI=1S/C33H62N4/c1-5-7-9-11-13-15-17-19-21-23-25-27-37-31-29-35(4)33(37)32-34(3)28-30-36(32)26-24-22-20-18-16-14-12-10-8-6-2/h28-31H,5-27H2,1-4H3/q+2. The van der Waals surface area contributed by atoms with Crippen molar-refractivity contribution < 1.29 is 9.13 Å². The van der Waals surface area contributed by atoms with Crippen LogP contribution in [0.15, 0.2) is 24.8 Å². The van der Waals surface area contributed by atoms with Crippen molar-refractivity contribution in [3.63, 3.8) is 0 Å². The second-order valence-corrected chi connectivity index (χ2v) is 11.6. The molecule has 0 spiro atoms. The molecule has 0 aliphatic rings. The van der Waals surface area contributed by atoms with Crippen LogP contribution in [0.2, 0.25) is 0 Å². The molecule has 0 atom stereocenters. The summed E-state index contributed by atoms with van der Waals surface area (Å²) in [4.78, 5) is 0. The zero-order chi connectivity index (χ0) is 26.6. The normalized spacial score (nSPS) is 11.6. The zero-order valence-corrected chi connectivity index (χ0v) is 25.4. The van der Waals surface area contributed by atoms with E-state index < -0.39 is 0 Å². The van der Waals surface area contributed by atoms with Crippen molar-refractivity contribution in [2.45, 2.75) is 162 Å². The third-order valence-corrected chi connectivity index (χ3v) is 8.11. The first-order valence-electron chi connectivity index (χ1n) is 16.3. The summed E-state index contributed by atoms with van der Waals surface area (Å²) in [6, 6.07) is 0. The van der Waals surface area contributed by atoms with Crippen LogP contribution in [0.1, 0.15) is 149 Å². The van der Waals surface area contributed by atoms with E-state index in [0.29, 0.717) is 0 Å². The maximum Gasteiger partial charge on any atom is 0.373 e. The van der Waals surface area contributed by atoms with Gasteiger partial charge in [-0.1, -0.05) is 123 Å². The molecule has 2 aromatic rings. The van der Waals surface area contributed by atoms with Crippen molar-refractivity contribution in [2.75, 3.05) is 0 Å². The van der Waals surface area contributed by atoms with E-state index in [0.717, 1.165) is 13.1 Å². The van der Waals surface area contributed by atoms with E-state index in [1.54, 1.807) is 0 Å². The lowest BCUT2D eigenvalue weighted by atomic mass is 10.1. The molecule has 0 saturated heterocycles. The van der Waals surface area contributed by atoms with Crippen LogP contribution >= 0.6 is 0 Å². The SMILES string of the molecule is CCCCCCCCCCCCCn1cc[n+](C)c1-c1n(CCCCCCCCCCCC)cc[n+]1C. The van der Waals surface area contributed by atoms with Crippen LogP contribution < -0.4 is 9.13 Å². The van der Waals surface area contributed by atoms with Gasteiger partial charge in [0.05, 0.1) is 27.2 Å². The first-order chi connectivity index (χ1) is 18.2. The number of rotatable bonds is 24. The van der Waals surface area contributed by atoms with Gasteiger partial charge in [0.15, 0.2) is 0 Å². The molecular weight excluding hydrogens is 452 g/mol. The van der Waals surface area contributed by atoms with E-state index in [2.05, 4.69) is 71.0 Å². The van der Waals surface area contributed by atoms with Gasteiger partial charge in [-0.15, -0.1) is 0 Å². The van der Waals surface area contributed by atoms with Crippen molar-refractivity contribution >= 4 is 0 Å². The molecule has 0 amide bonds. The fourth-order valence-corrected chi connectivity index (χ4v) is 5.70. The van der Waals surface area contributed by atoms with Gasteiger partial charge in [-0.3, -0.25) is 0 Å². The number of aryl methyl sites for hydroxylation is 4. The molecule has 2 rings (SSSR count). The van der Waals surface area contributed by atoms with E-state index in [1.165, 1.54) is 146 Å². The predicted octanol–water partition coefficient (Wildman–Crippen LogP) is 8.84. The van der Waals surface area contributed by atoms with E-state index in [9.17, 15) is 0 Å². The highest BCUT2D eigenvalue weighted by Crippen LogP contribution is 2.17. The summed E-state index contributed by atoms with van der Waals surface area (Å²) >= 11 is 0. The van der Waals surface area contributed by atoms with E-state index in [1.807, 2.05) is 0 Å². The van der Waals surface area contributed by atoms with Gasteiger partial charge in [0.25, 0.3) is 0 Å². The van der Waals surface area contributed by atoms with Gasteiger partial charge in [0.2, 0.25) is 0 Å². The Balaban J connectivity index is 1.69. The predicted molar refractivity (Wildman–Crippen MR) is 159 cm³/mol. The van der Waals surface area contributed by atoms with E-state index in [-0.39, 0.29) is 0 Å².